The first-order valence-electron chi connectivity index (χ1n) is 7.58. The molecule has 0 saturated heterocycles. The van der Waals surface area contributed by atoms with Crippen LogP contribution in [0.3, 0.4) is 0 Å². The molecule has 1 rings (SSSR count). The number of nitriles is 1. The zero-order valence-corrected chi connectivity index (χ0v) is 14.7. The van der Waals surface area contributed by atoms with E-state index in [9.17, 15) is 10.1 Å². The number of rotatable bonds is 4. The normalized spacial score (nSPS) is 11.0. The lowest BCUT2D eigenvalue weighted by molar-refractivity contribution is 0.0636. The molecule has 0 aliphatic rings. The molecule has 0 radical (unpaired) electrons. The summed E-state index contributed by atoms with van der Waals surface area (Å²) in [5, 5.41) is 12.0. The number of nitrogen functional groups attached to an aromatic ring is 1. The van der Waals surface area contributed by atoms with Crippen molar-refractivity contribution in [3.8, 4) is 6.07 Å². The molecule has 3 N–H and O–H groups in total. The number of carbonyl (C=O) groups excluding carboxylic acids is 1. The molecular weight excluding hydrogens is 292 g/mol. The highest BCUT2D eigenvalue weighted by molar-refractivity contribution is 5.91. The second kappa shape index (κ2) is 7.23. The van der Waals surface area contributed by atoms with E-state index in [2.05, 4.69) is 25.2 Å². The van der Waals surface area contributed by atoms with Gasteiger partial charge in [-0.1, -0.05) is 13.8 Å². The summed E-state index contributed by atoms with van der Waals surface area (Å²) in [6.07, 6.45) is -0.577. The topological polar surface area (TPSA) is 91.4 Å². The molecule has 0 spiro atoms. The molecule has 23 heavy (non-hydrogen) atoms. The number of hydrogen-bond acceptors (Lipinski definition) is 5. The van der Waals surface area contributed by atoms with Crippen LogP contribution >= 0.6 is 0 Å². The maximum atomic E-state index is 11.9. The third-order valence-electron chi connectivity index (χ3n) is 2.97. The Bertz CT molecular complexity index is 612. The van der Waals surface area contributed by atoms with Gasteiger partial charge in [-0.3, -0.25) is 5.32 Å². The van der Waals surface area contributed by atoms with E-state index >= 15 is 0 Å². The van der Waals surface area contributed by atoms with Crippen LogP contribution in [-0.2, 0) is 4.74 Å². The van der Waals surface area contributed by atoms with Gasteiger partial charge in [0.1, 0.15) is 11.7 Å². The van der Waals surface area contributed by atoms with Gasteiger partial charge in [-0.05, 0) is 38.8 Å². The lowest BCUT2D eigenvalue weighted by Crippen LogP contribution is -2.28. The summed E-state index contributed by atoms with van der Waals surface area (Å²) in [7, 11) is 1.91. The fourth-order valence-electron chi connectivity index (χ4n) is 2.18. The third kappa shape index (κ3) is 5.70. The summed E-state index contributed by atoms with van der Waals surface area (Å²) in [6.45, 7) is 10.3. The fourth-order valence-corrected chi connectivity index (χ4v) is 2.18. The largest absolute Gasteiger partial charge is 0.444 e. The third-order valence-corrected chi connectivity index (χ3v) is 2.97. The van der Waals surface area contributed by atoms with Crippen molar-refractivity contribution < 1.29 is 9.53 Å². The number of nitrogens with two attached hydrogens (primary N) is 1. The predicted molar refractivity (Wildman–Crippen MR) is 93.5 cm³/mol. The molecule has 6 nitrogen and oxygen atoms in total. The minimum atomic E-state index is -0.595. The van der Waals surface area contributed by atoms with E-state index in [0.717, 1.165) is 12.2 Å². The van der Waals surface area contributed by atoms with Gasteiger partial charge in [-0.25, -0.2) is 4.79 Å². The highest BCUT2D eigenvalue weighted by Crippen LogP contribution is 2.30. The molecule has 0 aliphatic heterocycles. The van der Waals surface area contributed by atoms with Gasteiger partial charge < -0.3 is 15.4 Å². The second-order valence-electron chi connectivity index (χ2n) is 6.97. The van der Waals surface area contributed by atoms with Gasteiger partial charge in [0.2, 0.25) is 0 Å². The van der Waals surface area contributed by atoms with Crippen LogP contribution in [-0.4, -0.2) is 25.3 Å². The highest BCUT2D eigenvalue weighted by Gasteiger charge is 2.19. The second-order valence-corrected chi connectivity index (χ2v) is 6.97. The molecule has 0 heterocycles. The zero-order valence-electron chi connectivity index (χ0n) is 14.7. The van der Waals surface area contributed by atoms with Crippen molar-refractivity contribution in [2.75, 3.05) is 29.5 Å². The molecule has 0 unspecified atom stereocenters. The Morgan fingerprint density at radius 1 is 1.43 bits per heavy atom. The summed E-state index contributed by atoms with van der Waals surface area (Å²) < 4.78 is 5.23. The number of amides is 1. The Morgan fingerprint density at radius 2 is 2.04 bits per heavy atom. The number of carbonyl (C=O) groups is 1. The lowest BCUT2D eigenvalue weighted by Gasteiger charge is -2.24. The van der Waals surface area contributed by atoms with Crippen molar-refractivity contribution in [2.45, 2.75) is 40.2 Å². The molecule has 0 aromatic heterocycles. The Hall–Kier alpha value is -2.42. The molecule has 1 aromatic carbocycles. The summed E-state index contributed by atoms with van der Waals surface area (Å²) in [6, 6.07) is 5.42. The first-order valence-corrected chi connectivity index (χ1v) is 7.58. The van der Waals surface area contributed by atoms with E-state index in [4.69, 9.17) is 10.5 Å². The molecule has 0 saturated carbocycles. The van der Waals surface area contributed by atoms with Crippen molar-refractivity contribution in [1.82, 2.24) is 0 Å². The summed E-state index contributed by atoms with van der Waals surface area (Å²) in [4.78, 5) is 13.9. The lowest BCUT2D eigenvalue weighted by atomic mass is 10.1. The van der Waals surface area contributed by atoms with Crippen LogP contribution in [0.2, 0.25) is 0 Å². The summed E-state index contributed by atoms with van der Waals surface area (Å²) in [5.74, 6) is 0.436. The number of nitrogens with one attached hydrogen (secondary N) is 1. The van der Waals surface area contributed by atoms with Gasteiger partial charge in [0.05, 0.1) is 22.6 Å². The summed E-state index contributed by atoms with van der Waals surface area (Å²) >= 11 is 0. The molecule has 0 atom stereocenters. The Balaban J connectivity index is 3.10. The standard InChI is InChI=1S/C17H26N4O2/c1-11(2)10-21(6)15-8-14(13(19)7-12(15)9-18)20-16(22)23-17(3,4)5/h7-8,11H,10,19H2,1-6H3,(H,20,22). The van der Waals surface area contributed by atoms with Gasteiger partial charge in [-0.15, -0.1) is 0 Å². The van der Waals surface area contributed by atoms with Crippen LogP contribution in [0.1, 0.15) is 40.2 Å². The molecule has 1 amide bonds. The molecular formula is C17H26N4O2. The number of nitrogens with zero attached hydrogens (tertiary/aromatic N) is 2. The van der Waals surface area contributed by atoms with E-state index in [0.29, 0.717) is 22.9 Å². The number of benzene rings is 1. The first kappa shape index (κ1) is 18.6. The average molecular weight is 318 g/mol. The summed E-state index contributed by atoms with van der Waals surface area (Å²) in [5.41, 5.74) is 7.30. The van der Waals surface area contributed by atoms with Crippen LogP contribution in [0, 0.1) is 17.2 Å². The number of ether oxygens (including phenoxy) is 1. The quantitative estimate of drug-likeness (QED) is 0.828. The minimum absolute atomic E-state index is 0.328. The monoisotopic (exact) mass is 318 g/mol. The SMILES string of the molecule is CC(C)CN(C)c1cc(NC(=O)OC(C)(C)C)c(N)cc1C#N. The van der Waals surface area contributed by atoms with Crippen molar-refractivity contribution >= 4 is 23.2 Å². The predicted octanol–water partition coefficient (Wildman–Crippen LogP) is 3.58. The molecule has 0 aliphatic carbocycles. The van der Waals surface area contributed by atoms with Crippen LogP contribution < -0.4 is 16.0 Å². The molecule has 1 aromatic rings. The number of anilines is 3. The fraction of sp³-hybridized carbons (Fsp3) is 0.529. The van der Waals surface area contributed by atoms with Crippen molar-refractivity contribution in [2.24, 2.45) is 5.92 Å². The van der Waals surface area contributed by atoms with Gasteiger partial charge >= 0.3 is 6.09 Å². The van der Waals surface area contributed by atoms with Crippen molar-refractivity contribution in [1.29, 1.82) is 5.26 Å². The number of hydrogen-bond donors (Lipinski definition) is 2. The van der Waals surface area contributed by atoms with E-state index in [1.807, 2.05) is 11.9 Å². The van der Waals surface area contributed by atoms with Gasteiger partial charge in [-0.2, -0.15) is 5.26 Å². The molecule has 126 valence electrons. The maximum Gasteiger partial charge on any atom is 0.412 e. The zero-order chi connectivity index (χ0) is 17.8. The Labute approximate surface area is 138 Å². The van der Waals surface area contributed by atoms with Gasteiger partial charge in [0.15, 0.2) is 0 Å². The molecule has 6 heteroatoms. The van der Waals surface area contributed by atoms with Gasteiger partial charge in [0, 0.05) is 13.6 Å². The first-order chi connectivity index (χ1) is 10.5. The maximum absolute atomic E-state index is 11.9. The van der Waals surface area contributed by atoms with Crippen LogP contribution in [0.15, 0.2) is 12.1 Å². The van der Waals surface area contributed by atoms with E-state index in [1.165, 1.54) is 0 Å². The highest BCUT2D eigenvalue weighted by atomic mass is 16.6. The Kier molecular flexibility index (Phi) is 5.85. The van der Waals surface area contributed by atoms with Crippen molar-refractivity contribution in [3.63, 3.8) is 0 Å². The smallest absolute Gasteiger partial charge is 0.412 e. The Morgan fingerprint density at radius 3 is 2.52 bits per heavy atom. The van der Waals surface area contributed by atoms with E-state index in [1.54, 1.807) is 32.9 Å². The minimum Gasteiger partial charge on any atom is -0.444 e. The van der Waals surface area contributed by atoms with Crippen LogP contribution in [0.25, 0.3) is 0 Å². The van der Waals surface area contributed by atoms with E-state index < -0.39 is 11.7 Å². The van der Waals surface area contributed by atoms with E-state index in [-0.39, 0.29) is 0 Å². The molecule has 0 bridgehead atoms. The average Bonchev–Trinajstić information content (AvgIpc) is 2.37. The van der Waals surface area contributed by atoms with Gasteiger partial charge in [0.25, 0.3) is 0 Å². The van der Waals surface area contributed by atoms with Crippen LogP contribution in [0.4, 0.5) is 21.9 Å². The molecule has 0 fully saturated rings. The van der Waals surface area contributed by atoms with Crippen LogP contribution in [0.5, 0.6) is 0 Å². The van der Waals surface area contributed by atoms with Crippen molar-refractivity contribution in [3.05, 3.63) is 17.7 Å².